The summed E-state index contributed by atoms with van der Waals surface area (Å²) in [5.41, 5.74) is 0. The van der Waals surface area contributed by atoms with Gasteiger partial charge < -0.3 is 10.6 Å². The molecule has 2 rings (SSSR count). The number of ketones is 2. The monoisotopic (exact) mass is 180 g/mol. The fraction of sp³-hybridized carbons (Fsp3) is 0.375. The van der Waals surface area contributed by atoms with Crippen LogP contribution in [0.3, 0.4) is 0 Å². The van der Waals surface area contributed by atoms with Gasteiger partial charge in [-0.1, -0.05) is 6.08 Å². The van der Waals surface area contributed by atoms with E-state index in [0.29, 0.717) is 0 Å². The molecule has 0 spiro atoms. The second-order valence-corrected chi connectivity index (χ2v) is 3.07. The van der Waals surface area contributed by atoms with Crippen LogP contribution in [-0.2, 0) is 9.59 Å². The van der Waals surface area contributed by atoms with E-state index in [0.717, 1.165) is 0 Å². The Kier molecular flexibility index (Phi) is 1.65. The third kappa shape index (κ3) is 1.22. The summed E-state index contributed by atoms with van der Waals surface area (Å²) in [4.78, 5) is 33.1. The second-order valence-electron chi connectivity index (χ2n) is 3.07. The lowest BCUT2D eigenvalue weighted by Crippen LogP contribution is -2.58. The lowest BCUT2D eigenvalue weighted by Gasteiger charge is -2.31. The van der Waals surface area contributed by atoms with E-state index in [4.69, 9.17) is 0 Å². The van der Waals surface area contributed by atoms with Crippen molar-refractivity contribution in [3.05, 3.63) is 12.2 Å². The summed E-state index contributed by atoms with van der Waals surface area (Å²) in [6.07, 6.45) is 2.78. The van der Waals surface area contributed by atoms with Gasteiger partial charge in [0, 0.05) is 6.54 Å². The lowest BCUT2D eigenvalue weighted by atomic mass is 9.86. The number of hydrogen-bond acceptors (Lipinski definition) is 3. The van der Waals surface area contributed by atoms with Crippen LogP contribution in [0.1, 0.15) is 0 Å². The van der Waals surface area contributed by atoms with Crippen LogP contribution in [0.15, 0.2) is 12.2 Å². The van der Waals surface area contributed by atoms with Crippen molar-refractivity contribution >= 4 is 17.6 Å². The Bertz CT molecular complexity index is 321. The molecule has 2 amide bonds. The van der Waals surface area contributed by atoms with E-state index in [-0.39, 0.29) is 18.6 Å². The normalized spacial score (nSPS) is 32.2. The van der Waals surface area contributed by atoms with E-state index >= 15 is 0 Å². The van der Waals surface area contributed by atoms with Gasteiger partial charge in [0.15, 0.2) is 0 Å². The standard InChI is InChI=1S/C8H8N2O3/c11-6-2-1-5-4(7(6)12)3-9-8(13)10-5/h1-2,4-5H,3H2,(H2,9,10,13). The van der Waals surface area contributed by atoms with E-state index in [1.807, 2.05) is 0 Å². The predicted octanol–water partition coefficient (Wildman–Crippen LogP) is -1.01. The van der Waals surface area contributed by atoms with Crippen molar-refractivity contribution in [3.8, 4) is 0 Å². The number of hydrogen-bond donors (Lipinski definition) is 2. The first-order chi connectivity index (χ1) is 6.18. The number of nitrogens with one attached hydrogen (secondary N) is 2. The summed E-state index contributed by atoms with van der Waals surface area (Å²) in [7, 11) is 0. The fourth-order valence-corrected chi connectivity index (χ4v) is 1.53. The molecular formula is C8H8N2O3. The van der Waals surface area contributed by atoms with Crippen molar-refractivity contribution in [2.75, 3.05) is 6.54 Å². The SMILES string of the molecule is O=C1NCC2C(=O)C(=O)C=CC2N1. The molecule has 0 aromatic rings. The molecule has 0 aromatic carbocycles. The molecule has 2 unspecified atom stereocenters. The van der Waals surface area contributed by atoms with Gasteiger partial charge in [0.2, 0.25) is 11.6 Å². The number of allylic oxidation sites excluding steroid dienone is 1. The van der Waals surface area contributed by atoms with Crippen LogP contribution in [0, 0.1) is 5.92 Å². The molecule has 13 heavy (non-hydrogen) atoms. The summed E-state index contributed by atoms with van der Waals surface area (Å²) in [5, 5.41) is 5.03. The van der Waals surface area contributed by atoms with Gasteiger partial charge in [-0.05, 0) is 6.08 Å². The van der Waals surface area contributed by atoms with E-state index in [2.05, 4.69) is 10.6 Å². The van der Waals surface area contributed by atoms with Crippen molar-refractivity contribution < 1.29 is 14.4 Å². The molecular weight excluding hydrogens is 172 g/mol. The zero-order valence-electron chi connectivity index (χ0n) is 6.74. The first-order valence-corrected chi connectivity index (χ1v) is 3.99. The van der Waals surface area contributed by atoms with Crippen molar-refractivity contribution in [2.24, 2.45) is 5.92 Å². The molecule has 1 aliphatic carbocycles. The summed E-state index contributed by atoms with van der Waals surface area (Å²) in [5.74, 6) is -1.35. The Balaban J connectivity index is 2.26. The molecule has 68 valence electrons. The van der Waals surface area contributed by atoms with Crippen LogP contribution < -0.4 is 10.6 Å². The van der Waals surface area contributed by atoms with Gasteiger partial charge in [-0.3, -0.25) is 9.59 Å². The number of Topliss-reactive ketones (excluding diaryl/α,β-unsaturated/α-hetero) is 1. The third-order valence-corrected chi connectivity index (χ3v) is 2.25. The van der Waals surface area contributed by atoms with Gasteiger partial charge in [0.25, 0.3) is 0 Å². The minimum atomic E-state index is -0.487. The molecule has 0 aromatic heterocycles. The highest BCUT2D eigenvalue weighted by atomic mass is 16.2. The van der Waals surface area contributed by atoms with E-state index in [1.165, 1.54) is 6.08 Å². The maximum Gasteiger partial charge on any atom is 0.315 e. The van der Waals surface area contributed by atoms with E-state index in [9.17, 15) is 14.4 Å². The highest BCUT2D eigenvalue weighted by Crippen LogP contribution is 2.15. The molecule has 1 saturated heterocycles. The van der Waals surface area contributed by atoms with Gasteiger partial charge in [0.1, 0.15) is 0 Å². The van der Waals surface area contributed by atoms with Crippen LogP contribution >= 0.6 is 0 Å². The summed E-state index contributed by atoms with van der Waals surface area (Å²) >= 11 is 0. The summed E-state index contributed by atoms with van der Waals surface area (Å²) in [6, 6.07) is -0.619. The Hall–Kier alpha value is -1.65. The number of amides is 2. The average Bonchev–Trinajstić information content (AvgIpc) is 2.12. The zero-order chi connectivity index (χ0) is 9.42. The Morgan fingerprint density at radius 3 is 2.85 bits per heavy atom. The van der Waals surface area contributed by atoms with Crippen molar-refractivity contribution in [1.29, 1.82) is 0 Å². The number of carbonyl (C=O) groups excluding carboxylic acids is 3. The van der Waals surface area contributed by atoms with Gasteiger partial charge >= 0.3 is 6.03 Å². The number of urea groups is 1. The molecule has 2 N–H and O–H groups in total. The predicted molar refractivity (Wildman–Crippen MR) is 43.0 cm³/mol. The third-order valence-electron chi connectivity index (χ3n) is 2.25. The molecule has 2 atom stereocenters. The first kappa shape index (κ1) is 7.97. The topological polar surface area (TPSA) is 75.3 Å². The van der Waals surface area contributed by atoms with Crippen LogP contribution in [0.25, 0.3) is 0 Å². The van der Waals surface area contributed by atoms with Crippen molar-refractivity contribution in [3.63, 3.8) is 0 Å². The average molecular weight is 180 g/mol. The largest absolute Gasteiger partial charge is 0.337 e. The molecule has 0 radical (unpaired) electrons. The Labute approximate surface area is 74.2 Å². The minimum absolute atomic E-state index is 0.241. The van der Waals surface area contributed by atoms with Gasteiger partial charge in [0.05, 0.1) is 12.0 Å². The summed E-state index contributed by atoms with van der Waals surface area (Å²) in [6.45, 7) is 0.241. The molecule has 5 nitrogen and oxygen atoms in total. The van der Waals surface area contributed by atoms with E-state index in [1.54, 1.807) is 6.08 Å². The summed E-state index contributed by atoms with van der Waals surface area (Å²) < 4.78 is 0. The van der Waals surface area contributed by atoms with Crippen molar-refractivity contribution in [2.45, 2.75) is 6.04 Å². The fourth-order valence-electron chi connectivity index (χ4n) is 1.53. The quantitative estimate of drug-likeness (QED) is 0.469. The maximum atomic E-state index is 11.3. The Morgan fingerprint density at radius 2 is 2.08 bits per heavy atom. The molecule has 0 bridgehead atoms. The zero-order valence-corrected chi connectivity index (χ0v) is 6.74. The van der Waals surface area contributed by atoms with Crippen LogP contribution in [0.2, 0.25) is 0 Å². The van der Waals surface area contributed by atoms with Crippen molar-refractivity contribution in [1.82, 2.24) is 10.6 Å². The molecule has 2 aliphatic rings. The van der Waals surface area contributed by atoms with Crippen LogP contribution in [-0.4, -0.2) is 30.2 Å². The Morgan fingerprint density at radius 1 is 1.31 bits per heavy atom. The smallest absolute Gasteiger partial charge is 0.315 e. The highest BCUT2D eigenvalue weighted by Gasteiger charge is 2.37. The van der Waals surface area contributed by atoms with Gasteiger partial charge in [-0.25, -0.2) is 4.79 Å². The van der Waals surface area contributed by atoms with Gasteiger partial charge in [-0.2, -0.15) is 0 Å². The number of rotatable bonds is 0. The molecule has 0 saturated carbocycles. The minimum Gasteiger partial charge on any atom is -0.337 e. The molecule has 5 heteroatoms. The highest BCUT2D eigenvalue weighted by molar-refractivity contribution is 6.43. The molecule has 1 fully saturated rings. The second kappa shape index (κ2) is 2.69. The number of carbonyl (C=O) groups is 3. The first-order valence-electron chi connectivity index (χ1n) is 3.99. The maximum absolute atomic E-state index is 11.3. The van der Waals surface area contributed by atoms with Crippen LogP contribution in [0.5, 0.6) is 0 Å². The lowest BCUT2D eigenvalue weighted by molar-refractivity contribution is -0.137. The van der Waals surface area contributed by atoms with E-state index < -0.39 is 17.5 Å². The van der Waals surface area contributed by atoms with Crippen LogP contribution in [0.4, 0.5) is 4.79 Å². The van der Waals surface area contributed by atoms with Gasteiger partial charge in [-0.15, -0.1) is 0 Å². The molecule has 1 heterocycles. The molecule has 1 aliphatic heterocycles. The number of fused-ring (bicyclic) bond motifs is 1.